The lowest BCUT2D eigenvalue weighted by atomic mass is 10.1. The SMILES string of the molecule is O=C(OCCCc1c[nH]c2ccc(Cl)cc12)c1ccco1. The minimum atomic E-state index is -0.429. The summed E-state index contributed by atoms with van der Waals surface area (Å²) in [7, 11) is 0. The predicted octanol–water partition coefficient (Wildman–Crippen LogP) is 4.20. The number of aromatic amines is 1. The molecule has 0 bridgehead atoms. The van der Waals surface area contributed by atoms with Crippen molar-refractivity contribution in [3.63, 3.8) is 0 Å². The highest BCUT2D eigenvalue weighted by Gasteiger charge is 2.10. The highest BCUT2D eigenvalue weighted by Crippen LogP contribution is 2.23. The molecule has 0 amide bonds. The Balaban J connectivity index is 1.55. The third kappa shape index (κ3) is 3.11. The van der Waals surface area contributed by atoms with Crippen LogP contribution in [0.25, 0.3) is 10.9 Å². The molecule has 0 aliphatic heterocycles. The number of esters is 1. The monoisotopic (exact) mass is 303 g/mol. The van der Waals surface area contributed by atoms with Gasteiger partial charge in [-0.05, 0) is 48.7 Å². The molecule has 1 aromatic carbocycles. The van der Waals surface area contributed by atoms with Crippen LogP contribution >= 0.6 is 11.6 Å². The van der Waals surface area contributed by atoms with Crippen LogP contribution in [-0.2, 0) is 11.2 Å². The number of carbonyl (C=O) groups is 1. The third-order valence-corrected chi connectivity index (χ3v) is 3.51. The average Bonchev–Trinajstić information content (AvgIpc) is 3.13. The van der Waals surface area contributed by atoms with E-state index in [0.29, 0.717) is 11.6 Å². The van der Waals surface area contributed by atoms with Crippen molar-refractivity contribution < 1.29 is 13.9 Å². The highest BCUT2D eigenvalue weighted by molar-refractivity contribution is 6.31. The normalized spacial score (nSPS) is 10.9. The Hall–Kier alpha value is -2.20. The van der Waals surface area contributed by atoms with Crippen LogP contribution in [0.15, 0.2) is 47.2 Å². The number of rotatable bonds is 5. The highest BCUT2D eigenvalue weighted by atomic mass is 35.5. The van der Waals surface area contributed by atoms with Crippen LogP contribution in [-0.4, -0.2) is 17.6 Å². The molecule has 108 valence electrons. The van der Waals surface area contributed by atoms with Gasteiger partial charge in [-0.2, -0.15) is 0 Å². The molecule has 1 N–H and O–H groups in total. The van der Waals surface area contributed by atoms with Gasteiger partial charge in [-0.25, -0.2) is 4.79 Å². The number of hydrogen-bond donors (Lipinski definition) is 1. The molecular weight excluding hydrogens is 290 g/mol. The Morgan fingerprint density at radius 3 is 3.05 bits per heavy atom. The van der Waals surface area contributed by atoms with Gasteiger partial charge in [0.1, 0.15) is 0 Å². The van der Waals surface area contributed by atoms with Crippen molar-refractivity contribution in [1.82, 2.24) is 4.98 Å². The molecule has 0 spiro atoms. The quantitative estimate of drug-likeness (QED) is 0.567. The lowest BCUT2D eigenvalue weighted by molar-refractivity contribution is 0.0464. The smallest absolute Gasteiger partial charge is 0.374 e. The van der Waals surface area contributed by atoms with Gasteiger partial charge >= 0.3 is 5.97 Å². The van der Waals surface area contributed by atoms with Crippen molar-refractivity contribution in [3.05, 3.63) is 59.1 Å². The summed E-state index contributed by atoms with van der Waals surface area (Å²) < 4.78 is 10.1. The standard InChI is InChI=1S/C16H14ClNO3/c17-12-5-6-14-13(9-12)11(10-18-14)3-1-8-21-16(19)15-4-2-7-20-15/h2,4-7,9-10,18H,1,3,8H2. The van der Waals surface area contributed by atoms with Gasteiger partial charge in [0.25, 0.3) is 0 Å². The van der Waals surface area contributed by atoms with Crippen molar-refractivity contribution in [2.45, 2.75) is 12.8 Å². The first-order valence-corrected chi connectivity index (χ1v) is 7.08. The molecule has 2 aromatic heterocycles. The fourth-order valence-electron chi connectivity index (χ4n) is 2.25. The molecule has 21 heavy (non-hydrogen) atoms. The second-order valence-electron chi connectivity index (χ2n) is 4.72. The largest absolute Gasteiger partial charge is 0.460 e. The second kappa shape index (κ2) is 6.06. The zero-order valence-electron chi connectivity index (χ0n) is 11.3. The van der Waals surface area contributed by atoms with Crippen LogP contribution in [0, 0.1) is 0 Å². The van der Waals surface area contributed by atoms with Gasteiger partial charge in [-0.3, -0.25) is 0 Å². The summed E-state index contributed by atoms with van der Waals surface area (Å²) in [4.78, 5) is 14.8. The van der Waals surface area contributed by atoms with Gasteiger partial charge < -0.3 is 14.1 Å². The number of benzene rings is 1. The maximum absolute atomic E-state index is 11.6. The van der Waals surface area contributed by atoms with E-state index in [1.165, 1.54) is 11.8 Å². The van der Waals surface area contributed by atoms with Crippen LogP contribution in [0.4, 0.5) is 0 Å². The molecule has 0 aliphatic carbocycles. The summed E-state index contributed by atoms with van der Waals surface area (Å²) >= 11 is 6.01. The van der Waals surface area contributed by atoms with Crippen LogP contribution in [0.2, 0.25) is 5.02 Å². The number of furan rings is 1. The average molecular weight is 304 g/mol. The van der Waals surface area contributed by atoms with E-state index in [-0.39, 0.29) is 5.76 Å². The Morgan fingerprint density at radius 1 is 1.33 bits per heavy atom. The molecule has 2 heterocycles. The van der Waals surface area contributed by atoms with E-state index in [1.54, 1.807) is 12.1 Å². The predicted molar refractivity (Wildman–Crippen MR) is 80.6 cm³/mol. The maximum atomic E-state index is 11.6. The fourth-order valence-corrected chi connectivity index (χ4v) is 2.42. The molecule has 0 saturated heterocycles. The van der Waals surface area contributed by atoms with Gasteiger partial charge in [0.15, 0.2) is 0 Å². The minimum Gasteiger partial charge on any atom is -0.460 e. The van der Waals surface area contributed by atoms with E-state index in [2.05, 4.69) is 4.98 Å². The molecule has 3 aromatic rings. The zero-order valence-corrected chi connectivity index (χ0v) is 12.0. The zero-order chi connectivity index (χ0) is 14.7. The first-order chi connectivity index (χ1) is 10.2. The van der Waals surface area contributed by atoms with Crippen LogP contribution < -0.4 is 0 Å². The minimum absolute atomic E-state index is 0.230. The molecular formula is C16H14ClNO3. The molecule has 4 nitrogen and oxygen atoms in total. The van der Waals surface area contributed by atoms with E-state index in [4.69, 9.17) is 20.8 Å². The first kappa shape index (κ1) is 13.8. The number of fused-ring (bicyclic) bond motifs is 1. The summed E-state index contributed by atoms with van der Waals surface area (Å²) in [6.07, 6.45) is 4.97. The Bertz CT molecular complexity index is 746. The van der Waals surface area contributed by atoms with Crippen LogP contribution in [0.5, 0.6) is 0 Å². The van der Waals surface area contributed by atoms with Gasteiger partial charge in [-0.1, -0.05) is 11.6 Å². The summed E-state index contributed by atoms with van der Waals surface area (Å²) in [6.45, 7) is 0.354. The maximum Gasteiger partial charge on any atom is 0.374 e. The number of carbonyl (C=O) groups excluding carboxylic acids is 1. The molecule has 0 atom stereocenters. The number of H-pyrrole nitrogens is 1. The molecule has 3 rings (SSSR count). The number of nitrogens with one attached hydrogen (secondary N) is 1. The molecule has 0 saturated carbocycles. The molecule has 5 heteroatoms. The molecule has 0 fully saturated rings. The number of ether oxygens (including phenoxy) is 1. The summed E-state index contributed by atoms with van der Waals surface area (Å²) in [6, 6.07) is 9.00. The number of halogens is 1. The Labute approximate surface area is 126 Å². The Morgan fingerprint density at radius 2 is 2.24 bits per heavy atom. The van der Waals surface area contributed by atoms with Crippen LogP contribution in [0.1, 0.15) is 22.5 Å². The van der Waals surface area contributed by atoms with Crippen LogP contribution in [0.3, 0.4) is 0 Å². The topological polar surface area (TPSA) is 55.2 Å². The summed E-state index contributed by atoms with van der Waals surface area (Å²) in [5.41, 5.74) is 2.23. The lowest BCUT2D eigenvalue weighted by Crippen LogP contribution is -2.05. The van der Waals surface area contributed by atoms with E-state index in [1.807, 2.05) is 24.4 Å². The molecule has 0 aliphatic rings. The molecule has 0 unspecified atom stereocenters. The number of aryl methyl sites for hydroxylation is 1. The van der Waals surface area contributed by atoms with E-state index >= 15 is 0 Å². The lowest BCUT2D eigenvalue weighted by Gasteiger charge is -2.03. The fraction of sp³-hybridized carbons (Fsp3) is 0.188. The van der Waals surface area contributed by atoms with Crippen molar-refractivity contribution >= 4 is 28.5 Å². The van der Waals surface area contributed by atoms with Gasteiger partial charge in [0.05, 0.1) is 12.9 Å². The third-order valence-electron chi connectivity index (χ3n) is 3.28. The Kier molecular flexibility index (Phi) is 3.97. The summed E-state index contributed by atoms with van der Waals surface area (Å²) in [5.74, 6) is -0.198. The van der Waals surface area contributed by atoms with E-state index in [9.17, 15) is 4.79 Å². The van der Waals surface area contributed by atoms with Gasteiger partial charge in [0, 0.05) is 22.1 Å². The van der Waals surface area contributed by atoms with Crippen molar-refractivity contribution in [3.8, 4) is 0 Å². The van der Waals surface area contributed by atoms with Crippen molar-refractivity contribution in [1.29, 1.82) is 0 Å². The van der Waals surface area contributed by atoms with Gasteiger partial charge in [0.2, 0.25) is 5.76 Å². The second-order valence-corrected chi connectivity index (χ2v) is 5.16. The number of hydrogen-bond acceptors (Lipinski definition) is 3. The van der Waals surface area contributed by atoms with E-state index < -0.39 is 5.97 Å². The molecule has 0 radical (unpaired) electrons. The van der Waals surface area contributed by atoms with Crippen molar-refractivity contribution in [2.24, 2.45) is 0 Å². The van der Waals surface area contributed by atoms with E-state index in [0.717, 1.165) is 23.7 Å². The summed E-state index contributed by atoms with van der Waals surface area (Å²) in [5, 5.41) is 1.83. The number of aromatic nitrogens is 1. The first-order valence-electron chi connectivity index (χ1n) is 6.70. The van der Waals surface area contributed by atoms with Crippen molar-refractivity contribution in [2.75, 3.05) is 6.61 Å². The van der Waals surface area contributed by atoms with Gasteiger partial charge in [-0.15, -0.1) is 0 Å².